The van der Waals surface area contributed by atoms with Gasteiger partial charge < -0.3 is 9.88 Å². The lowest BCUT2D eigenvalue weighted by Gasteiger charge is -2.24. The minimum Gasteiger partial charge on any atom is -0.325 e. The Morgan fingerprint density at radius 3 is 2.96 bits per heavy atom. The summed E-state index contributed by atoms with van der Waals surface area (Å²) in [5, 5.41) is 2.84. The lowest BCUT2D eigenvalue weighted by molar-refractivity contribution is 0.309. The first-order valence-corrected chi connectivity index (χ1v) is 8.38. The summed E-state index contributed by atoms with van der Waals surface area (Å²) in [5.74, 6) is 0. The van der Waals surface area contributed by atoms with Crippen molar-refractivity contribution in [2.45, 2.75) is 13.0 Å². The highest BCUT2D eigenvalue weighted by Gasteiger charge is 2.18. The van der Waals surface area contributed by atoms with Crippen molar-refractivity contribution in [2.24, 2.45) is 0 Å². The maximum Gasteiger partial charge on any atom is 0.257 e. The van der Waals surface area contributed by atoms with Crippen LogP contribution in [0.2, 0.25) is 0 Å². The molecular formula is C17H16N4OS. The van der Waals surface area contributed by atoms with E-state index in [1.807, 2.05) is 23.6 Å². The molecule has 4 rings (SSSR count). The molecule has 4 heterocycles. The Labute approximate surface area is 137 Å². The molecule has 3 aromatic heterocycles. The topological polar surface area (TPSA) is 61.9 Å². The van der Waals surface area contributed by atoms with Gasteiger partial charge in [0.1, 0.15) is 5.01 Å². The van der Waals surface area contributed by atoms with Gasteiger partial charge in [-0.15, -0.1) is 11.3 Å². The van der Waals surface area contributed by atoms with Gasteiger partial charge in [-0.25, -0.2) is 4.98 Å². The molecule has 0 saturated heterocycles. The average Bonchev–Trinajstić information content (AvgIpc) is 3.05. The lowest BCUT2D eigenvalue weighted by Crippen LogP contribution is -2.29. The summed E-state index contributed by atoms with van der Waals surface area (Å²) in [4.78, 5) is 26.4. The van der Waals surface area contributed by atoms with E-state index in [0.717, 1.165) is 41.5 Å². The summed E-state index contributed by atoms with van der Waals surface area (Å²) in [7, 11) is 2.10. The number of nitrogens with zero attached hydrogens (tertiary/aromatic N) is 3. The number of thiazole rings is 1. The van der Waals surface area contributed by atoms with Crippen molar-refractivity contribution in [2.75, 3.05) is 13.6 Å². The van der Waals surface area contributed by atoms with Gasteiger partial charge in [-0.2, -0.15) is 0 Å². The second-order valence-electron chi connectivity index (χ2n) is 5.78. The van der Waals surface area contributed by atoms with Crippen LogP contribution in [-0.2, 0) is 13.0 Å². The Balaban J connectivity index is 1.75. The molecule has 6 heteroatoms. The number of H-pyrrole nitrogens is 1. The van der Waals surface area contributed by atoms with Crippen LogP contribution < -0.4 is 5.56 Å². The van der Waals surface area contributed by atoms with Crippen molar-refractivity contribution in [3.8, 4) is 21.8 Å². The summed E-state index contributed by atoms with van der Waals surface area (Å²) in [6, 6.07) is 5.85. The van der Waals surface area contributed by atoms with E-state index in [0.29, 0.717) is 5.56 Å². The van der Waals surface area contributed by atoms with Gasteiger partial charge in [0, 0.05) is 48.5 Å². The van der Waals surface area contributed by atoms with E-state index in [1.165, 1.54) is 5.56 Å². The summed E-state index contributed by atoms with van der Waals surface area (Å²) in [6.07, 6.45) is 4.39. The normalized spacial score (nSPS) is 14.7. The van der Waals surface area contributed by atoms with Gasteiger partial charge >= 0.3 is 0 Å². The fourth-order valence-corrected chi connectivity index (χ4v) is 3.69. The highest BCUT2D eigenvalue weighted by Crippen LogP contribution is 2.28. The second kappa shape index (κ2) is 5.72. The van der Waals surface area contributed by atoms with Crippen molar-refractivity contribution < 1.29 is 0 Å². The molecule has 3 aromatic rings. The first-order chi connectivity index (χ1) is 11.2. The smallest absolute Gasteiger partial charge is 0.257 e. The Morgan fingerprint density at radius 2 is 2.13 bits per heavy atom. The highest BCUT2D eigenvalue weighted by molar-refractivity contribution is 7.13. The van der Waals surface area contributed by atoms with E-state index in [2.05, 4.69) is 26.9 Å². The summed E-state index contributed by atoms with van der Waals surface area (Å²) >= 11 is 1.54. The minimum absolute atomic E-state index is 0.0557. The van der Waals surface area contributed by atoms with Crippen LogP contribution >= 0.6 is 11.3 Å². The van der Waals surface area contributed by atoms with Gasteiger partial charge in [0.2, 0.25) is 0 Å². The van der Waals surface area contributed by atoms with E-state index in [4.69, 9.17) is 0 Å². The fraction of sp³-hybridized carbons (Fsp3) is 0.235. The molecule has 0 fully saturated rings. The monoisotopic (exact) mass is 324 g/mol. The van der Waals surface area contributed by atoms with E-state index in [1.54, 1.807) is 23.7 Å². The molecule has 0 spiro atoms. The van der Waals surface area contributed by atoms with Crippen LogP contribution in [0.3, 0.4) is 0 Å². The number of likely N-dealkylation sites (N-methyl/N-ethyl adjacent to an activating group) is 1. The van der Waals surface area contributed by atoms with Gasteiger partial charge in [0.15, 0.2) is 0 Å². The molecule has 1 N–H and O–H groups in total. The van der Waals surface area contributed by atoms with Crippen LogP contribution in [0.4, 0.5) is 0 Å². The van der Waals surface area contributed by atoms with Gasteiger partial charge in [-0.1, -0.05) is 0 Å². The molecule has 0 bridgehead atoms. The standard InChI is InChI=1S/C17H16N4OS/c1-21-7-4-14-12(9-21)8-13(16(22)19-14)15-10-23-17(20-15)11-2-5-18-6-3-11/h2-3,5-6,8,10H,4,7,9H2,1H3,(H,19,22). The molecule has 0 atom stereocenters. The molecule has 23 heavy (non-hydrogen) atoms. The molecule has 0 unspecified atom stereocenters. The Kier molecular flexibility index (Phi) is 3.55. The zero-order chi connectivity index (χ0) is 15.8. The zero-order valence-corrected chi connectivity index (χ0v) is 13.6. The number of rotatable bonds is 2. The van der Waals surface area contributed by atoms with Crippen molar-refractivity contribution in [3.05, 3.63) is 57.6 Å². The SMILES string of the molecule is CN1CCc2[nH]c(=O)c(-c3csc(-c4ccncc4)n3)cc2C1. The average molecular weight is 324 g/mol. The maximum absolute atomic E-state index is 12.4. The summed E-state index contributed by atoms with van der Waals surface area (Å²) in [6.45, 7) is 1.84. The predicted octanol–water partition coefficient (Wildman–Crippen LogP) is 2.55. The van der Waals surface area contributed by atoms with Gasteiger partial charge in [-0.05, 0) is 30.8 Å². The predicted molar refractivity (Wildman–Crippen MR) is 91.4 cm³/mol. The van der Waals surface area contributed by atoms with Crippen LogP contribution in [0.25, 0.3) is 21.8 Å². The molecule has 0 aliphatic carbocycles. The van der Waals surface area contributed by atoms with Crippen LogP contribution in [0.1, 0.15) is 11.3 Å². The summed E-state index contributed by atoms with van der Waals surface area (Å²) < 4.78 is 0. The van der Waals surface area contributed by atoms with Crippen LogP contribution in [0.5, 0.6) is 0 Å². The van der Waals surface area contributed by atoms with Gasteiger partial charge in [-0.3, -0.25) is 9.78 Å². The van der Waals surface area contributed by atoms with Crippen molar-refractivity contribution >= 4 is 11.3 Å². The third-order valence-electron chi connectivity index (χ3n) is 4.11. The van der Waals surface area contributed by atoms with E-state index in [-0.39, 0.29) is 5.56 Å². The van der Waals surface area contributed by atoms with E-state index in [9.17, 15) is 4.79 Å². The molecule has 116 valence electrons. The van der Waals surface area contributed by atoms with Crippen LogP contribution in [0.15, 0.2) is 40.8 Å². The first kappa shape index (κ1) is 14.3. The molecule has 1 aliphatic rings. The number of pyridine rings is 2. The molecule has 5 nitrogen and oxygen atoms in total. The van der Waals surface area contributed by atoms with Crippen LogP contribution in [0, 0.1) is 0 Å². The van der Waals surface area contributed by atoms with E-state index < -0.39 is 0 Å². The Hall–Kier alpha value is -2.31. The zero-order valence-electron chi connectivity index (χ0n) is 12.7. The van der Waals surface area contributed by atoms with Crippen molar-refractivity contribution in [1.82, 2.24) is 19.9 Å². The fourth-order valence-electron chi connectivity index (χ4n) is 2.86. The molecular weight excluding hydrogens is 308 g/mol. The van der Waals surface area contributed by atoms with Gasteiger partial charge in [0.05, 0.1) is 11.3 Å². The molecule has 0 radical (unpaired) electrons. The quantitative estimate of drug-likeness (QED) is 0.787. The maximum atomic E-state index is 12.4. The Bertz CT molecular complexity index is 900. The molecule has 0 amide bonds. The number of aromatic nitrogens is 3. The number of nitrogens with one attached hydrogen (secondary N) is 1. The van der Waals surface area contributed by atoms with Crippen LogP contribution in [-0.4, -0.2) is 33.4 Å². The summed E-state index contributed by atoms with van der Waals surface area (Å²) in [5.41, 5.74) is 4.59. The number of aromatic amines is 1. The number of hydrogen-bond acceptors (Lipinski definition) is 5. The highest BCUT2D eigenvalue weighted by atomic mass is 32.1. The van der Waals surface area contributed by atoms with Crippen molar-refractivity contribution in [3.63, 3.8) is 0 Å². The second-order valence-corrected chi connectivity index (χ2v) is 6.64. The van der Waals surface area contributed by atoms with E-state index >= 15 is 0 Å². The molecule has 0 saturated carbocycles. The minimum atomic E-state index is -0.0557. The Morgan fingerprint density at radius 1 is 1.30 bits per heavy atom. The van der Waals surface area contributed by atoms with Gasteiger partial charge in [0.25, 0.3) is 5.56 Å². The third kappa shape index (κ3) is 2.71. The van der Waals surface area contributed by atoms with Crippen molar-refractivity contribution in [1.29, 1.82) is 0 Å². The number of fused-ring (bicyclic) bond motifs is 1. The number of hydrogen-bond donors (Lipinski definition) is 1. The largest absolute Gasteiger partial charge is 0.325 e. The first-order valence-electron chi connectivity index (χ1n) is 7.50. The molecule has 1 aliphatic heterocycles. The molecule has 0 aromatic carbocycles. The third-order valence-corrected chi connectivity index (χ3v) is 5.00. The lowest BCUT2D eigenvalue weighted by atomic mass is 10.0.